The van der Waals surface area contributed by atoms with E-state index in [0.29, 0.717) is 5.88 Å². The highest BCUT2D eigenvalue weighted by molar-refractivity contribution is 6.18. The molecule has 1 aliphatic rings. The molecular weight excluding hydrogens is 250 g/mol. The van der Waals surface area contributed by atoms with Crippen molar-refractivity contribution in [2.24, 2.45) is 0 Å². The van der Waals surface area contributed by atoms with Crippen molar-refractivity contribution in [2.45, 2.75) is 6.92 Å². The maximum Gasteiger partial charge on any atom is 0.254 e. The Balaban J connectivity index is 1.95. The zero-order valence-electron chi connectivity index (χ0n) is 10.6. The number of piperazine rings is 1. The van der Waals surface area contributed by atoms with Gasteiger partial charge in [0.1, 0.15) is 0 Å². The Morgan fingerprint density at radius 1 is 1.39 bits per heavy atom. The molecule has 0 saturated carbocycles. The molecule has 0 spiro atoms. The monoisotopic (exact) mass is 267 g/mol. The summed E-state index contributed by atoms with van der Waals surface area (Å²) in [7, 11) is 0. The third-order valence-corrected chi connectivity index (χ3v) is 3.37. The summed E-state index contributed by atoms with van der Waals surface area (Å²) >= 11 is 5.72. The van der Waals surface area contributed by atoms with Crippen LogP contribution in [0.4, 0.5) is 0 Å². The first kappa shape index (κ1) is 13.3. The molecule has 5 heteroatoms. The lowest BCUT2D eigenvalue weighted by molar-refractivity contribution is 0.0644. The molecule has 0 atom stereocenters. The van der Waals surface area contributed by atoms with E-state index in [0.717, 1.165) is 44.0 Å². The molecule has 1 fully saturated rings. The number of hydrogen-bond donors (Lipinski definition) is 0. The van der Waals surface area contributed by atoms with Crippen LogP contribution >= 0.6 is 11.6 Å². The van der Waals surface area contributed by atoms with Crippen LogP contribution in [0.1, 0.15) is 16.1 Å². The van der Waals surface area contributed by atoms with E-state index in [1.807, 2.05) is 17.9 Å². The molecule has 1 aromatic rings. The van der Waals surface area contributed by atoms with Crippen molar-refractivity contribution in [2.75, 3.05) is 38.6 Å². The van der Waals surface area contributed by atoms with Crippen LogP contribution in [-0.2, 0) is 0 Å². The summed E-state index contributed by atoms with van der Waals surface area (Å²) < 4.78 is 0. The van der Waals surface area contributed by atoms with Crippen LogP contribution in [0.3, 0.4) is 0 Å². The van der Waals surface area contributed by atoms with E-state index in [1.54, 1.807) is 12.3 Å². The van der Waals surface area contributed by atoms with Gasteiger partial charge in [0.15, 0.2) is 0 Å². The molecule has 98 valence electrons. The predicted molar refractivity (Wildman–Crippen MR) is 72.0 cm³/mol. The normalized spacial score (nSPS) is 16.9. The molecule has 1 aromatic heterocycles. The number of carbonyl (C=O) groups is 1. The Kier molecular flexibility index (Phi) is 4.55. The van der Waals surface area contributed by atoms with E-state index < -0.39 is 0 Å². The minimum Gasteiger partial charge on any atom is -0.336 e. The lowest BCUT2D eigenvalue weighted by atomic mass is 10.2. The van der Waals surface area contributed by atoms with Crippen molar-refractivity contribution in [1.82, 2.24) is 14.8 Å². The Morgan fingerprint density at radius 3 is 2.72 bits per heavy atom. The van der Waals surface area contributed by atoms with Crippen LogP contribution in [0.15, 0.2) is 18.3 Å². The molecule has 18 heavy (non-hydrogen) atoms. The molecule has 0 aromatic carbocycles. The quantitative estimate of drug-likeness (QED) is 0.777. The third-order valence-electron chi connectivity index (χ3n) is 3.20. The van der Waals surface area contributed by atoms with Crippen LogP contribution in [0, 0.1) is 6.92 Å². The van der Waals surface area contributed by atoms with Crippen LogP contribution in [0.2, 0.25) is 0 Å². The van der Waals surface area contributed by atoms with E-state index in [9.17, 15) is 4.79 Å². The average Bonchev–Trinajstić information content (AvgIpc) is 2.39. The van der Waals surface area contributed by atoms with Crippen molar-refractivity contribution in [3.05, 3.63) is 29.6 Å². The summed E-state index contributed by atoms with van der Waals surface area (Å²) in [4.78, 5) is 20.6. The number of alkyl halides is 1. The van der Waals surface area contributed by atoms with Crippen molar-refractivity contribution in [3.8, 4) is 0 Å². The van der Waals surface area contributed by atoms with Crippen molar-refractivity contribution < 1.29 is 4.79 Å². The molecule has 0 unspecified atom stereocenters. The van der Waals surface area contributed by atoms with Gasteiger partial charge in [0.2, 0.25) is 0 Å². The number of nitrogens with zero attached hydrogens (tertiary/aromatic N) is 3. The maximum absolute atomic E-state index is 12.3. The van der Waals surface area contributed by atoms with Gasteiger partial charge in [-0.15, -0.1) is 11.6 Å². The SMILES string of the molecule is Cc1cc(C(=O)N2CCN(CCCl)CC2)ccn1. The summed E-state index contributed by atoms with van der Waals surface area (Å²) in [5.41, 5.74) is 1.61. The molecule has 0 N–H and O–H groups in total. The summed E-state index contributed by atoms with van der Waals surface area (Å²) in [6.07, 6.45) is 1.69. The lowest BCUT2D eigenvalue weighted by Crippen LogP contribution is -2.49. The van der Waals surface area contributed by atoms with Gasteiger partial charge in [-0.05, 0) is 19.1 Å². The highest BCUT2D eigenvalue weighted by Gasteiger charge is 2.21. The molecule has 2 rings (SSSR count). The second-order valence-corrected chi connectivity index (χ2v) is 4.89. The number of carbonyl (C=O) groups excluding carboxylic acids is 1. The maximum atomic E-state index is 12.3. The molecule has 1 aliphatic heterocycles. The molecule has 1 saturated heterocycles. The largest absolute Gasteiger partial charge is 0.336 e. The first-order chi connectivity index (χ1) is 8.70. The first-order valence-corrected chi connectivity index (χ1v) is 6.74. The highest BCUT2D eigenvalue weighted by atomic mass is 35.5. The molecule has 0 aliphatic carbocycles. The third kappa shape index (κ3) is 3.21. The van der Waals surface area contributed by atoms with E-state index in [1.165, 1.54) is 0 Å². The average molecular weight is 268 g/mol. The van der Waals surface area contributed by atoms with Gasteiger partial charge in [-0.2, -0.15) is 0 Å². The van der Waals surface area contributed by atoms with Gasteiger partial charge >= 0.3 is 0 Å². The van der Waals surface area contributed by atoms with E-state index in [4.69, 9.17) is 11.6 Å². The Labute approximate surface area is 113 Å². The second kappa shape index (κ2) is 6.16. The molecule has 1 amide bonds. The smallest absolute Gasteiger partial charge is 0.254 e. The minimum absolute atomic E-state index is 0.103. The molecular formula is C13H18ClN3O. The minimum atomic E-state index is 0.103. The van der Waals surface area contributed by atoms with Crippen molar-refractivity contribution in [3.63, 3.8) is 0 Å². The van der Waals surface area contributed by atoms with Crippen molar-refractivity contribution >= 4 is 17.5 Å². The molecule has 0 radical (unpaired) electrons. The summed E-state index contributed by atoms with van der Waals surface area (Å²) in [5.74, 6) is 0.753. The first-order valence-electron chi connectivity index (χ1n) is 6.21. The van der Waals surface area contributed by atoms with Gasteiger partial charge < -0.3 is 4.90 Å². The Bertz CT molecular complexity index is 416. The van der Waals surface area contributed by atoms with Crippen LogP contribution in [0.5, 0.6) is 0 Å². The fourth-order valence-corrected chi connectivity index (χ4v) is 2.39. The fourth-order valence-electron chi connectivity index (χ4n) is 2.16. The van der Waals surface area contributed by atoms with Gasteiger partial charge in [-0.25, -0.2) is 0 Å². The fraction of sp³-hybridized carbons (Fsp3) is 0.538. The van der Waals surface area contributed by atoms with E-state index in [-0.39, 0.29) is 5.91 Å². The topological polar surface area (TPSA) is 36.4 Å². The summed E-state index contributed by atoms with van der Waals surface area (Å²) in [6, 6.07) is 3.62. The standard InChI is InChI=1S/C13H18ClN3O/c1-11-10-12(2-4-15-11)13(18)17-8-6-16(5-3-14)7-9-17/h2,4,10H,3,5-9H2,1H3. The number of rotatable bonds is 3. The second-order valence-electron chi connectivity index (χ2n) is 4.51. The number of aryl methyl sites for hydroxylation is 1. The van der Waals surface area contributed by atoms with Gasteiger partial charge in [0.25, 0.3) is 5.91 Å². The van der Waals surface area contributed by atoms with Gasteiger partial charge in [0.05, 0.1) is 0 Å². The highest BCUT2D eigenvalue weighted by Crippen LogP contribution is 2.09. The van der Waals surface area contributed by atoms with E-state index >= 15 is 0 Å². The molecule has 0 bridgehead atoms. The van der Waals surface area contributed by atoms with Gasteiger partial charge in [-0.1, -0.05) is 0 Å². The van der Waals surface area contributed by atoms with Crippen LogP contribution in [-0.4, -0.2) is 59.3 Å². The van der Waals surface area contributed by atoms with Crippen molar-refractivity contribution in [1.29, 1.82) is 0 Å². The number of aromatic nitrogens is 1. The predicted octanol–water partition coefficient (Wildman–Crippen LogP) is 1.39. The molecule has 4 nitrogen and oxygen atoms in total. The van der Waals surface area contributed by atoms with Crippen LogP contribution in [0.25, 0.3) is 0 Å². The number of halogens is 1. The number of pyridine rings is 1. The number of hydrogen-bond acceptors (Lipinski definition) is 3. The Morgan fingerprint density at radius 2 is 2.11 bits per heavy atom. The Hall–Kier alpha value is -1.13. The summed E-state index contributed by atoms with van der Waals surface area (Å²) in [5, 5.41) is 0. The summed E-state index contributed by atoms with van der Waals surface area (Å²) in [6.45, 7) is 6.16. The number of amides is 1. The zero-order valence-corrected chi connectivity index (χ0v) is 11.4. The zero-order chi connectivity index (χ0) is 13.0. The van der Waals surface area contributed by atoms with Gasteiger partial charge in [0, 0.05) is 56.1 Å². The van der Waals surface area contributed by atoms with Crippen LogP contribution < -0.4 is 0 Å². The molecule has 2 heterocycles. The lowest BCUT2D eigenvalue weighted by Gasteiger charge is -2.34. The van der Waals surface area contributed by atoms with E-state index in [2.05, 4.69) is 9.88 Å². The van der Waals surface area contributed by atoms with Gasteiger partial charge in [-0.3, -0.25) is 14.7 Å².